The molecule has 1 aromatic carbocycles. The second-order valence-electron chi connectivity index (χ2n) is 9.43. The Morgan fingerprint density at radius 2 is 2.00 bits per heavy atom. The largest absolute Gasteiger partial charge is 0.462 e. The van der Waals surface area contributed by atoms with Gasteiger partial charge in [-0.05, 0) is 38.5 Å². The molecule has 1 saturated carbocycles. The molecule has 13 heteroatoms. The molecule has 38 heavy (non-hydrogen) atoms. The lowest BCUT2D eigenvalue weighted by atomic mass is 9.66. The van der Waals surface area contributed by atoms with Gasteiger partial charge >= 0.3 is 13.7 Å². The zero-order valence-electron chi connectivity index (χ0n) is 21.5. The highest BCUT2D eigenvalue weighted by Crippen LogP contribution is 2.53. The van der Waals surface area contributed by atoms with Crippen LogP contribution in [0, 0.1) is 11.8 Å². The van der Waals surface area contributed by atoms with E-state index in [1.54, 1.807) is 55.1 Å². The molecule has 1 aliphatic carbocycles. The molecule has 204 valence electrons. The molecule has 2 heterocycles. The summed E-state index contributed by atoms with van der Waals surface area (Å²) in [6, 6.07) is 7.18. The van der Waals surface area contributed by atoms with Crippen LogP contribution in [0.5, 0.6) is 5.75 Å². The molecule has 12 nitrogen and oxygen atoms in total. The smallest absolute Gasteiger partial charge is 0.459 e. The van der Waals surface area contributed by atoms with E-state index >= 15 is 0 Å². The van der Waals surface area contributed by atoms with E-state index in [1.165, 1.54) is 6.92 Å². The van der Waals surface area contributed by atoms with Gasteiger partial charge in [0.1, 0.15) is 17.5 Å². The molecule has 0 saturated heterocycles. The summed E-state index contributed by atoms with van der Waals surface area (Å²) in [6.45, 7) is 12.8. The third kappa shape index (κ3) is 5.68. The normalized spacial score (nSPS) is 23.0. The lowest BCUT2D eigenvalue weighted by molar-refractivity contribution is -0.149. The van der Waals surface area contributed by atoms with Crippen molar-refractivity contribution >= 4 is 31.2 Å². The number of ether oxygens (including phenoxy) is 1. The fourth-order valence-electron chi connectivity index (χ4n) is 4.46. The number of carbonyl (C=O) groups excluding carboxylic acids is 1. The van der Waals surface area contributed by atoms with Crippen molar-refractivity contribution in [3.63, 3.8) is 0 Å². The topological polar surface area (TPSA) is 162 Å². The van der Waals surface area contributed by atoms with Gasteiger partial charge in [0, 0.05) is 18.4 Å². The molecule has 5 N–H and O–H groups in total. The van der Waals surface area contributed by atoms with Crippen molar-refractivity contribution in [3.8, 4) is 5.75 Å². The van der Waals surface area contributed by atoms with E-state index in [9.17, 15) is 14.5 Å². The number of hydrogen-bond donors (Lipinski definition) is 4. The maximum absolute atomic E-state index is 13.8. The number of carbonyl (C=O) groups is 1. The van der Waals surface area contributed by atoms with Gasteiger partial charge in [-0.15, -0.1) is 0 Å². The number of aliphatic hydroxyl groups excluding tert-OH is 1. The molecule has 1 fully saturated rings. The Morgan fingerprint density at radius 1 is 1.29 bits per heavy atom. The fourth-order valence-corrected chi connectivity index (χ4v) is 5.98. The molecule has 0 amide bonds. The van der Waals surface area contributed by atoms with Crippen molar-refractivity contribution in [3.05, 3.63) is 61.1 Å². The Morgan fingerprint density at radius 3 is 2.66 bits per heavy atom. The number of nitrogens with two attached hydrogens (primary N) is 1. The Kier molecular flexibility index (Phi) is 8.08. The van der Waals surface area contributed by atoms with Crippen molar-refractivity contribution in [2.24, 2.45) is 22.6 Å². The first-order chi connectivity index (χ1) is 18.0. The SMILES string of the molecule is C=C1NC(N)=Nc2c1ncn2[C@@H]1C(=C)[C@H](COP(=O)(NC(C)C(=O)OC(C)C)Oc2ccccc2)[C@H]1CO. The summed E-state index contributed by atoms with van der Waals surface area (Å²) in [7, 11) is -4.06. The molecule has 2 aromatic rings. The van der Waals surface area contributed by atoms with Crippen molar-refractivity contribution < 1.29 is 28.3 Å². The molecule has 0 radical (unpaired) electrons. The summed E-state index contributed by atoms with van der Waals surface area (Å²) in [5.41, 5.74) is 7.66. The predicted octanol–water partition coefficient (Wildman–Crippen LogP) is 2.87. The molecule has 1 aliphatic heterocycles. The minimum absolute atomic E-state index is 0.0832. The van der Waals surface area contributed by atoms with Crippen LogP contribution in [-0.2, 0) is 18.6 Å². The van der Waals surface area contributed by atoms with Gasteiger partial charge in [0.15, 0.2) is 11.8 Å². The lowest BCUT2D eigenvalue weighted by Gasteiger charge is -2.47. The van der Waals surface area contributed by atoms with E-state index in [2.05, 4.69) is 33.5 Å². The highest BCUT2D eigenvalue weighted by Gasteiger charge is 2.48. The second kappa shape index (κ2) is 11.1. The van der Waals surface area contributed by atoms with Crippen molar-refractivity contribution in [2.75, 3.05) is 13.2 Å². The number of nitrogens with zero attached hydrogens (tertiary/aromatic N) is 3. The van der Waals surface area contributed by atoms with Gasteiger partial charge in [-0.3, -0.25) is 9.32 Å². The van der Waals surface area contributed by atoms with Crippen molar-refractivity contribution in [1.29, 1.82) is 0 Å². The van der Waals surface area contributed by atoms with Gasteiger partial charge < -0.3 is 30.0 Å². The maximum atomic E-state index is 13.8. The number of nitrogens with one attached hydrogen (secondary N) is 2. The number of hydrogen-bond acceptors (Lipinski definition) is 10. The number of para-hydroxylation sites is 1. The van der Waals surface area contributed by atoms with Crippen LogP contribution in [-0.4, -0.2) is 51.9 Å². The molecular weight excluding hydrogens is 511 g/mol. The molecule has 1 aromatic heterocycles. The molecular formula is C25H33N6O6P. The number of guanidine groups is 1. The summed E-state index contributed by atoms with van der Waals surface area (Å²) in [6.07, 6.45) is 1.26. The highest BCUT2D eigenvalue weighted by atomic mass is 31.2. The van der Waals surface area contributed by atoms with Crippen LogP contribution < -0.4 is 20.7 Å². The van der Waals surface area contributed by atoms with E-state index in [0.717, 1.165) is 5.57 Å². The van der Waals surface area contributed by atoms with Crippen LogP contribution in [0.25, 0.3) is 5.70 Å². The van der Waals surface area contributed by atoms with Crippen LogP contribution in [0.1, 0.15) is 32.5 Å². The van der Waals surface area contributed by atoms with E-state index in [4.69, 9.17) is 19.5 Å². The number of aliphatic imine (C=N–C) groups is 1. The Balaban J connectivity index is 1.51. The average molecular weight is 545 g/mol. The van der Waals surface area contributed by atoms with Gasteiger partial charge in [0.25, 0.3) is 0 Å². The zero-order chi connectivity index (χ0) is 27.6. The highest BCUT2D eigenvalue weighted by molar-refractivity contribution is 7.52. The third-order valence-corrected chi connectivity index (χ3v) is 7.94. The minimum atomic E-state index is -4.06. The van der Waals surface area contributed by atoms with Crippen LogP contribution in [0.2, 0.25) is 0 Å². The first-order valence-electron chi connectivity index (χ1n) is 12.2. The van der Waals surface area contributed by atoms with Gasteiger partial charge in [-0.2, -0.15) is 10.1 Å². The van der Waals surface area contributed by atoms with Gasteiger partial charge in [0.2, 0.25) is 0 Å². The second-order valence-corrected chi connectivity index (χ2v) is 11.1. The molecule has 5 atom stereocenters. The van der Waals surface area contributed by atoms with Crippen LogP contribution in [0.3, 0.4) is 0 Å². The van der Waals surface area contributed by atoms with Gasteiger partial charge in [0.05, 0.1) is 30.8 Å². The predicted molar refractivity (Wildman–Crippen MR) is 142 cm³/mol. The standard InChI is InChI=1S/C25H33N6O6P/c1-14(2)36-24(33)17(5)30-38(34,37-18-9-7-6-8-10-18)35-12-20-15(3)22(19(20)11-32)31-13-27-21-16(4)28-25(26)29-23(21)31/h6-10,13-14,17,19-20,22,32H,3-4,11-12H2,1-2,5H3,(H,30,34)(H3,26,28,29)/t17?,19-,20+,22-,38?/m1/s1. The fraction of sp³-hybridized carbons (Fsp3) is 0.400. The zero-order valence-corrected chi connectivity index (χ0v) is 22.4. The minimum Gasteiger partial charge on any atom is -0.462 e. The van der Waals surface area contributed by atoms with Gasteiger partial charge in [-0.25, -0.2) is 9.55 Å². The maximum Gasteiger partial charge on any atom is 0.459 e. The molecule has 4 rings (SSSR count). The Bertz CT molecular complexity index is 1290. The number of fused-ring (bicyclic) bond motifs is 1. The summed E-state index contributed by atoms with van der Waals surface area (Å²) < 4.78 is 32.3. The Labute approximate surface area is 221 Å². The van der Waals surface area contributed by atoms with E-state index < -0.39 is 19.8 Å². The van der Waals surface area contributed by atoms with E-state index in [1.807, 2.05) is 0 Å². The first kappa shape index (κ1) is 27.6. The average Bonchev–Trinajstić information content (AvgIpc) is 3.25. The van der Waals surface area contributed by atoms with E-state index in [-0.39, 0.29) is 43.2 Å². The van der Waals surface area contributed by atoms with Crippen molar-refractivity contribution in [2.45, 2.75) is 39.0 Å². The van der Waals surface area contributed by atoms with Gasteiger partial charge in [-0.1, -0.05) is 31.4 Å². The summed E-state index contributed by atoms with van der Waals surface area (Å²) in [5.74, 6) is -0.304. The van der Waals surface area contributed by atoms with E-state index in [0.29, 0.717) is 23.0 Å². The first-order valence-corrected chi connectivity index (χ1v) is 13.7. The molecule has 2 aliphatic rings. The van der Waals surface area contributed by atoms with Crippen LogP contribution >= 0.6 is 7.75 Å². The molecule has 0 bridgehead atoms. The number of imidazole rings is 1. The number of esters is 1. The lowest BCUT2D eigenvalue weighted by Crippen LogP contribution is -2.45. The number of aromatic nitrogens is 2. The summed E-state index contributed by atoms with van der Waals surface area (Å²) >= 11 is 0. The van der Waals surface area contributed by atoms with Crippen molar-refractivity contribution in [1.82, 2.24) is 20.0 Å². The summed E-state index contributed by atoms with van der Waals surface area (Å²) in [4.78, 5) is 21.1. The number of aliphatic hydroxyl groups is 1. The number of benzene rings is 1. The summed E-state index contributed by atoms with van der Waals surface area (Å²) in [5, 5.41) is 15.7. The quantitative estimate of drug-likeness (QED) is 0.188. The third-order valence-electron chi connectivity index (χ3n) is 6.30. The van der Waals surface area contributed by atoms with Crippen LogP contribution in [0.4, 0.5) is 5.82 Å². The molecule has 2 unspecified atom stereocenters. The monoisotopic (exact) mass is 544 g/mol. The molecule has 0 spiro atoms. The Hall–Kier alpha value is -3.44. The number of rotatable bonds is 11. The van der Waals surface area contributed by atoms with Crippen LogP contribution in [0.15, 0.2) is 60.4 Å².